The summed E-state index contributed by atoms with van der Waals surface area (Å²) in [6.45, 7) is 2.35. The molecule has 0 aliphatic rings. The molecule has 1 aromatic carbocycles. The molecule has 1 aromatic rings. The Hall–Kier alpha value is -1.49. The van der Waals surface area contributed by atoms with Crippen molar-refractivity contribution in [2.24, 2.45) is 5.73 Å². The molecule has 0 saturated carbocycles. The van der Waals surface area contributed by atoms with Crippen LogP contribution in [-0.2, 0) is 11.2 Å². The molecular formula is C13H18F2N2O. The fourth-order valence-electron chi connectivity index (χ4n) is 1.58. The van der Waals surface area contributed by atoms with Gasteiger partial charge in [0.2, 0.25) is 5.91 Å². The van der Waals surface area contributed by atoms with Crippen molar-refractivity contribution in [3.05, 3.63) is 35.4 Å². The minimum Gasteiger partial charge on any atom is -0.356 e. The monoisotopic (exact) mass is 256 g/mol. The van der Waals surface area contributed by atoms with Crippen molar-refractivity contribution in [2.45, 2.75) is 32.2 Å². The Morgan fingerprint density at radius 2 is 2.00 bits per heavy atom. The lowest BCUT2D eigenvalue weighted by Gasteiger charge is -2.08. The third kappa shape index (κ3) is 4.79. The molecule has 0 aliphatic carbocycles. The second-order valence-corrected chi connectivity index (χ2v) is 4.35. The highest BCUT2D eigenvalue weighted by Gasteiger charge is 2.12. The molecule has 0 aromatic heterocycles. The molecular weight excluding hydrogens is 238 g/mol. The van der Waals surface area contributed by atoms with Gasteiger partial charge >= 0.3 is 0 Å². The van der Waals surface area contributed by atoms with E-state index >= 15 is 0 Å². The van der Waals surface area contributed by atoms with E-state index in [0.29, 0.717) is 6.54 Å². The van der Waals surface area contributed by atoms with E-state index in [-0.39, 0.29) is 23.9 Å². The lowest BCUT2D eigenvalue weighted by molar-refractivity contribution is -0.120. The van der Waals surface area contributed by atoms with Gasteiger partial charge in [-0.1, -0.05) is 6.07 Å². The number of carbonyl (C=O) groups excluding carboxylic acids is 1. The van der Waals surface area contributed by atoms with E-state index in [9.17, 15) is 13.6 Å². The van der Waals surface area contributed by atoms with Gasteiger partial charge in [0.15, 0.2) is 0 Å². The topological polar surface area (TPSA) is 55.1 Å². The van der Waals surface area contributed by atoms with E-state index in [1.165, 1.54) is 6.07 Å². The van der Waals surface area contributed by atoms with Crippen molar-refractivity contribution >= 4 is 5.91 Å². The Morgan fingerprint density at radius 1 is 1.39 bits per heavy atom. The van der Waals surface area contributed by atoms with Gasteiger partial charge in [0.25, 0.3) is 0 Å². The zero-order chi connectivity index (χ0) is 13.5. The van der Waals surface area contributed by atoms with Crippen LogP contribution >= 0.6 is 0 Å². The van der Waals surface area contributed by atoms with Crippen LogP contribution in [0.1, 0.15) is 25.3 Å². The first-order valence-electron chi connectivity index (χ1n) is 5.96. The molecule has 0 saturated heterocycles. The minimum absolute atomic E-state index is 0.0888. The van der Waals surface area contributed by atoms with Crippen LogP contribution < -0.4 is 11.1 Å². The van der Waals surface area contributed by atoms with Gasteiger partial charge in [-0.25, -0.2) is 8.78 Å². The smallest absolute Gasteiger partial charge is 0.224 e. The summed E-state index contributed by atoms with van der Waals surface area (Å²) < 4.78 is 26.5. The summed E-state index contributed by atoms with van der Waals surface area (Å²) in [5.74, 6) is -1.77. The van der Waals surface area contributed by atoms with E-state index in [1.54, 1.807) is 0 Å². The molecule has 1 unspecified atom stereocenters. The molecule has 3 nitrogen and oxygen atoms in total. The van der Waals surface area contributed by atoms with Crippen molar-refractivity contribution in [2.75, 3.05) is 6.54 Å². The van der Waals surface area contributed by atoms with Gasteiger partial charge in [-0.2, -0.15) is 0 Å². The highest BCUT2D eigenvalue weighted by molar-refractivity contribution is 5.78. The molecule has 0 bridgehead atoms. The van der Waals surface area contributed by atoms with Crippen LogP contribution in [0.15, 0.2) is 18.2 Å². The summed E-state index contributed by atoms with van der Waals surface area (Å²) in [7, 11) is 0. The Balaban J connectivity index is 2.40. The van der Waals surface area contributed by atoms with Gasteiger partial charge in [0, 0.05) is 18.2 Å². The van der Waals surface area contributed by atoms with Crippen molar-refractivity contribution in [1.29, 1.82) is 0 Å². The van der Waals surface area contributed by atoms with Crippen LogP contribution in [0.4, 0.5) is 8.78 Å². The van der Waals surface area contributed by atoms with E-state index in [4.69, 9.17) is 5.73 Å². The Kier molecular flexibility index (Phi) is 5.71. The summed E-state index contributed by atoms with van der Waals surface area (Å²) in [5, 5.41) is 2.61. The van der Waals surface area contributed by atoms with E-state index in [1.807, 2.05) is 6.92 Å². The first-order valence-corrected chi connectivity index (χ1v) is 5.96. The van der Waals surface area contributed by atoms with Crippen LogP contribution in [-0.4, -0.2) is 18.5 Å². The molecule has 1 atom stereocenters. The van der Waals surface area contributed by atoms with E-state index in [2.05, 4.69) is 5.32 Å². The highest BCUT2D eigenvalue weighted by atomic mass is 19.1. The number of hydrogen-bond acceptors (Lipinski definition) is 2. The van der Waals surface area contributed by atoms with Gasteiger partial charge in [-0.15, -0.1) is 0 Å². The second kappa shape index (κ2) is 7.06. The van der Waals surface area contributed by atoms with Crippen molar-refractivity contribution in [3.63, 3.8) is 0 Å². The highest BCUT2D eigenvalue weighted by Crippen LogP contribution is 2.12. The molecule has 18 heavy (non-hydrogen) atoms. The molecule has 0 aliphatic heterocycles. The SMILES string of the molecule is CC(N)CCCNC(=O)Cc1c(F)cccc1F. The molecule has 1 amide bonds. The normalized spacial score (nSPS) is 12.2. The quantitative estimate of drug-likeness (QED) is 0.762. The Morgan fingerprint density at radius 3 is 2.56 bits per heavy atom. The summed E-state index contributed by atoms with van der Waals surface area (Å²) in [5.41, 5.74) is 5.37. The predicted molar refractivity (Wildman–Crippen MR) is 66.0 cm³/mol. The third-order valence-corrected chi connectivity index (χ3v) is 2.56. The fourth-order valence-corrected chi connectivity index (χ4v) is 1.58. The molecule has 5 heteroatoms. The molecule has 0 fully saturated rings. The number of carbonyl (C=O) groups is 1. The van der Waals surface area contributed by atoms with Crippen LogP contribution in [0.3, 0.4) is 0 Å². The number of rotatable bonds is 6. The van der Waals surface area contributed by atoms with Crippen LogP contribution in [0, 0.1) is 11.6 Å². The molecule has 0 spiro atoms. The number of halogens is 2. The van der Waals surface area contributed by atoms with Crippen LogP contribution in [0.5, 0.6) is 0 Å². The number of benzene rings is 1. The van der Waals surface area contributed by atoms with E-state index < -0.39 is 11.6 Å². The summed E-state index contributed by atoms with van der Waals surface area (Å²) >= 11 is 0. The lowest BCUT2D eigenvalue weighted by Crippen LogP contribution is -2.28. The number of hydrogen-bond donors (Lipinski definition) is 2. The molecule has 0 radical (unpaired) electrons. The Bertz CT molecular complexity index is 388. The van der Waals surface area contributed by atoms with Crippen molar-refractivity contribution in [1.82, 2.24) is 5.32 Å². The zero-order valence-electron chi connectivity index (χ0n) is 10.4. The summed E-state index contributed by atoms with van der Waals surface area (Å²) in [6, 6.07) is 3.64. The fraction of sp³-hybridized carbons (Fsp3) is 0.462. The average Bonchev–Trinajstić information content (AvgIpc) is 2.29. The number of nitrogens with one attached hydrogen (secondary N) is 1. The van der Waals surface area contributed by atoms with Gasteiger partial charge in [-0.3, -0.25) is 4.79 Å². The molecule has 0 heterocycles. The van der Waals surface area contributed by atoms with Gasteiger partial charge in [0.05, 0.1) is 6.42 Å². The molecule has 100 valence electrons. The van der Waals surface area contributed by atoms with Crippen LogP contribution in [0.25, 0.3) is 0 Å². The van der Waals surface area contributed by atoms with Crippen molar-refractivity contribution < 1.29 is 13.6 Å². The summed E-state index contributed by atoms with van der Waals surface area (Å²) in [6.07, 6.45) is 1.27. The standard InChI is InChI=1S/C13H18F2N2O/c1-9(16)4-3-7-17-13(18)8-10-11(14)5-2-6-12(10)15/h2,5-6,9H,3-4,7-8,16H2,1H3,(H,17,18). The Labute approximate surface area is 105 Å². The first kappa shape index (κ1) is 14.6. The maximum absolute atomic E-state index is 13.3. The largest absolute Gasteiger partial charge is 0.356 e. The number of amides is 1. The van der Waals surface area contributed by atoms with Gasteiger partial charge in [0.1, 0.15) is 11.6 Å². The van der Waals surface area contributed by atoms with Gasteiger partial charge in [-0.05, 0) is 31.9 Å². The minimum atomic E-state index is -0.694. The first-order chi connectivity index (χ1) is 8.50. The van der Waals surface area contributed by atoms with Gasteiger partial charge < -0.3 is 11.1 Å². The molecule has 1 rings (SSSR count). The summed E-state index contributed by atoms with van der Waals surface area (Å²) in [4.78, 5) is 11.5. The second-order valence-electron chi connectivity index (χ2n) is 4.35. The zero-order valence-corrected chi connectivity index (χ0v) is 10.4. The van der Waals surface area contributed by atoms with Crippen molar-refractivity contribution in [3.8, 4) is 0 Å². The average molecular weight is 256 g/mol. The molecule has 3 N–H and O–H groups in total. The van der Waals surface area contributed by atoms with Crippen LogP contribution in [0.2, 0.25) is 0 Å². The maximum Gasteiger partial charge on any atom is 0.224 e. The number of nitrogens with two attached hydrogens (primary N) is 1. The third-order valence-electron chi connectivity index (χ3n) is 2.56. The lowest BCUT2D eigenvalue weighted by atomic mass is 10.1. The predicted octanol–water partition coefficient (Wildman–Crippen LogP) is 1.75. The maximum atomic E-state index is 13.3. The van der Waals surface area contributed by atoms with E-state index in [0.717, 1.165) is 25.0 Å².